The molecule has 0 saturated carbocycles. The summed E-state index contributed by atoms with van der Waals surface area (Å²) >= 11 is 0. The molecule has 0 radical (unpaired) electrons. The molecule has 1 unspecified atom stereocenters. The van der Waals surface area contributed by atoms with E-state index < -0.39 is 6.03 Å². The number of hydrogen-bond donors (Lipinski definition) is 2. The quantitative estimate of drug-likeness (QED) is 0.588. The van der Waals surface area contributed by atoms with Crippen molar-refractivity contribution in [3.8, 4) is 0 Å². The van der Waals surface area contributed by atoms with E-state index in [-0.39, 0.29) is 18.4 Å². The van der Waals surface area contributed by atoms with Gasteiger partial charge in [-0.3, -0.25) is 4.79 Å². The Morgan fingerprint density at radius 2 is 2.17 bits per heavy atom. The molecule has 0 bridgehead atoms. The van der Waals surface area contributed by atoms with Crippen LogP contribution in [0.3, 0.4) is 0 Å². The van der Waals surface area contributed by atoms with Gasteiger partial charge in [0.05, 0.1) is 7.11 Å². The highest BCUT2D eigenvalue weighted by molar-refractivity contribution is 5.72. The summed E-state index contributed by atoms with van der Waals surface area (Å²) in [6.45, 7) is 1.77. The highest BCUT2D eigenvalue weighted by Gasteiger charge is 2.06. The predicted molar refractivity (Wildman–Crippen MR) is 43.4 cm³/mol. The summed E-state index contributed by atoms with van der Waals surface area (Å²) in [6, 6.07) is -0.672. The summed E-state index contributed by atoms with van der Waals surface area (Å²) < 4.78 is 4.42. The van der Waals surface area contributed by atoms with Crippen LogP contribution in [0.15, 0.2) is 0 Å². The van der Waals surface area contributed by atoms with Crippen molar-refractivity contribution < 1.29 is 14.3 Å². The third-order valence-electron chi connectivity index (χ3n) is 1.40. The zero-order valence-corrected chi connectivity index (χ0v) is 7.29. The highest BCUT2D eigenvalue weighted by Crippen LogP contribution is 1.97. The van der Waals surface area contributed by atoms with Gasteiger partial charge in [0.2, 0.25) is 0 Å². The summed E-state index contributed by atoms with van der Waals surface area (Å²) in [5.74, 6) is -0.284. The van der Waals surface area contributed by atoms with Crippen LogP contribution < -0.4 is 11.1 Å². The van der Waals surface area contributed by atoms with Crippen molar-refractivity contribution in [3.05, 3.63) is 0 Å². The maximum Gasteiger partial charge on any atom is 0.312 e. The number of carbonyl (C=O) groups excluding carboxylic acids is 2. The lowest BCUT2D eigenvalue weighted by Crippen LogP contribution is -2.37. The Balaban J connectivity index is 3.50. The third-order valence-corrected chi connectivity index (χ3v) is 1.40. The molecule has 0 aromatic rings. The van der Waals surface area contributed by atoms with Gasteiger partial charge < -0.3 is 15.8 Å². The van der Waals surface area contributed by atoms with Gasteiger partial charge in [0.1, 0.15) is 0 Å². The van der Waals surface area contributed by atoms with E-state index in [1.165, 1.54) is 7.11 Å². The molecule has 12 heavy (non-hydrogen) atoms. The monoisotopic (exact) mass is 174 g/mol. The van der Waals surface area contributed by atoms with E-state index in [1.807, 2.05) is 0 Å². The van der Waals surface area contributed by atoms with E-state index in [0.29, 0.717) is 6.42 Å². The number of methoxy groups -OCH3 is 1. The molecule has 0 fully saturated rings. The van der Waals surface area contributed by atoms with Gasteiger partial charge in [-0.1, -0.05) is 0 Å². The van der Waals surface area contributed by atoms with E-state index in [0.717, 1.165) is 0 Å². The second-order valence-electron chi connectivity index (χ2n) is 2.52. The van der Waals surface area contributed by atoms with Crippen LogP contribution in [0, 0.1) is 0 Å². The van der Waals surface area contributed by atoms with Crippen LogP contribution in [0.5, 0.6) is 0 Å². The molecular formula is C7H14N2O3. The number of ether oxygens (including phenoxy) is 1. The van der Waals surface area contributed by atoms with Crippen molar-refractivity contribution in [3.63, 3.8) is 0 Å². The van der Waals surface area contributed by atoms with Crippen LogP contribution in [0.4, 0.5) is 4.79 Å². The van der Waals surface area contributed by atoms with Gasteiger partial charge in [0.25, 0.3) is 0 Å². The number of hydrogen-bond acceptors (Lipinski definition) is 3. The van der Waals surface area contributed by atoms with Crippen molar-refractivity contribution in [2.75, 3.05) is 7.11 Å². The van der Waals surface area contributed by atoms with Gasteiger partial charge in [0, 0.05) is 12.5 Å². The molecule has 0 rings (SSSR count). The van der Waals surface area contributed by atoms with Gasteiger partial charge in [-0.25, -0.2) is 4.79 Å². The van der Waals surface area contributed by atoms with E-state index in [4.69, 9.17) is 5.73 Å². The first kappa shape index (κ1) is 10.7. The topological polar surface area (TPSA) is 81.4 Å². The van der Waals surface area contributed by atoms with Crippen molar-refractivity contribution in [1.82, 2.24) is 5.32 Å². The van der Waals surface area contributed by atoms with E-state index in [2.05, 4.69) is 10.1 Å². The number of carbonyl (C=O) groups is 2. The summed E-state index contributed by atoms with van der Waals surface area (Å²) in [5, 5.41) is 2.45. The first-order valence-electron chi connectivity index (χ1n) is 3.69. The minimum Gasteiger partial charge on any atom is -0.469 e. The van der Waals surface area contributed by atoms with Gasteiger partial charge >= 0.3 is 12.0 Å². The van der Waals surface area contributed by atoms with Crippen molar-refractivity contribution in [2.45, 2.75) is 25.8 Å². The lowest BCUT2D eigenvalue weighted by Gasteiger charge is -2.10. The largest absolute Gasteiger partial charge is 0.469 e. The first-order valence-corrected chi connectivity index (χ1v) is 3.69. The fourth-order valence-corrected chi connectivity index (χ4v) is 0.751. The molecule has 3 N–H and O–H groups in total. The number of amides is 2. The van der Waals surface area contributed by atoms with Crippen molar-refractivity contribution >= 4 is 12.0 Å². The molecule has 2 amide bonds. The molecule has 0 aliphatic heterocycles. The van der Waals surface area contributed by atoms with Gasteiger partial charge in [-0.15, -0.1) is 0 Å². The summed E-state index contributed by atoms with van der Waals surface area (Å²) in [6.07, 6.45) is 0.827. The van der Waals surface area contributed by atoms with Crippen LogP contribution in [-0.4, -0.2) is 25.2 Å². The van der Waals surface area contributed by atoms with Gasteiger partial charge in [-0.2, -0.15) is 0 Å². The normalized spacial score (nSPS) is 11.8. The summed E-state index contributed by atoms with van der Waals surface area (Å²) in [5.41, 5.74) is 4.87. The number of nitrogens with two attached hydrogens (primary N) is 1. The number of primary amides is 1. The number of rotatable bonds is 4. The number of esters is 1. The SMILES string of the molecule is COC(=O)CCC(C)NC(N)=O. The van der Waals surface area contributed by atoms with E-state index in [9.17, 15) is 9.59 Å². The molecule has 5 nitrogen and oxygen atoms in total. The molecule has 0 heterocycles. The second kappa shape index (κ2) is 5.40. The van der Waals surface area contributed by atoms with Crippen LogP contribution >= 0.6 is 0 Å². The average molecular weight is 174 g/mol. The van der Waals surface area contributed by atoms with Crippen LogP contribution in [0.25, 0.3) is 0 Å². The zero-order chi connectivity index (χ0) is 9.56. The van der Waals surface area contributed by atoms with Crippen LogP contribution in [0.2, 0.25) is 0 Å². The van der Waals surface area contributed by atoms with E-state index >= 15 is 0 Å². The predicted octanol–water partition coefficient (Wildman–Crippen LogP) is -0.00360. The van der Waals surface area contributed by atoms with Crippen molar-refractivity contribution in [1.29, 1.82) is 0 Å². The first-order chi connectivity index (χ1) is 5.56. The second-order valence-corrected chi connectivity index (χ2v) is 2.52. The van der Waals surface area contributed by atoms with Crippen LogP contribution in [0.1, 0.15) is 19.8 Å². The molecular weight excluding hydrogens is 160 g/mol. The standard InChI is InChI=1S/C7H14N2O3/c1-5(9-7(8)11)3-4-6(10)12-2/h5H,3-4H2,1-2H3,(H3,8,9,11). The Kier molecular flexibility index (Phi) is 4.83. The Bertz CT molecular complexity index is 170. The minimum absolute atomic E-state index is 0.0957. The maximum atomic E-state index is 10.6. The molecule has 5 heteroatoms. The Hall–Kier alpha value is -1.26. The lowest BCUT2D eigenvalue weighted by atomic mass is 10.2. The Labute approximate surface area is 71.3 Å². The molecule has 0 saturated heterocycles. The highest BCUT2D eigenvalue weighted by atomic mass is 16.5. The maximum absolute atomic E-state index is 10.6. The fourth-order valence-electron chi connectivity index (χ4n) is 0.751. The molecule has 0 aromatic carbocycles. The third kappa shape index (κ3) is 5.52. The Morgan fingerprint density at radius 1 is 1.58 bits per heavy atom. The molecule has 0 aliphatic rings. The summed E-state index contributed by atoms with van der Waals surface area (Å²) in [4.78, 5) is 21.0. The molecule has 0 spiro atoms. The Morgan fingerprint density at radius 3 is 2.58 bits per heavy atom. The van der Waals surface area contributed by atoms with E-state index in [1.54, 1.807) is 6.92 Å². The van der Waals surface area contributed by atoms with Crippen molar-refractivity contribution in [2.24, 2.45) is 5.73 Å². The van der Waals surface area contributed by atoms with Gasteiger partial charge in [-0.05, 0) is 13.3 Å². The zero-order valence-electron chi connectivity index (χ0n) is 7.29. The molecule has 70 valence electrons. The number of urea groups is 1. The molecule has 0 aliphatic carbocycles. The molecule has 0 aromatic heterocycles. The number of nitrogens with one attached hydrogen (secondary N) is 1. The smallest absolute Gasteiger partial charge is 0.312 e. The van der Waals surface area contributed by atoms with Crippen LogP contribution in [-0.2, 0) is 9.53 Å². The fraction of sp³-hybridized carbons (Fsp3) is 0.714. The van der Waals surface area contributed by atoms with Gasteiger partial charge in [0.15, 0.2) is 0 Å². The lowest BCUT2D eigenvalue weighted by molar-refractivity contribution is -0.140. The molecule has 1 atom stereocenters. The average Bonchev–Trinajstić information content (AvgIpc) is 1.99. The minimum atomic E-state index is -0.577. The summed E-state index contributed by atoms with van der Waals surface area (Å²) in [7, 11) is 1.33.